The van der Waals surface area contributed by atoms with E-state index >= 15 is 0 Å². The fraction of sp³-hybridized carbons (Fsp3) is 0.0588. The molecule has 0 fully saturated rings. The largest absolute Gasteiger partial charge is 0.434 e. The van der Waals surface area contributed by atoms with Crippen molar-refractivity contribution in [1.82, 2.24) is 9.97 Å². The van der Waals surface area contributed by atoms with Gasteiger partial charge in [-0.3, -0.25) is 10.1 Å². The van der Waals surface area contributed by atoms with Crippen LogP contribution in [0.1, 0.15) is 5.56 Å². The van der Waals surface area contributed by atoms with Crippen LogP contribution in [-0.2, 0) is 6.54 Å². The Hall–Kier alpha value is -3.19. The molecule has 1 aromatic heterocycles. The Labute approximate surface area is 148 Å². The maximum Gasteiger partial charge on any atom is 0.373 e. The molecule has 1 N–H and O–H groups in total. The third-order valence-electron chi connectivity index (χ3n) is 3.33. The lowest BCUT2D eigenvalue weighted by Gasteiger charge is -2.10. The van der Waals surface area contributed by atoms with Gasteiger partial charge in [-0.25, -0.2) is 4.98 Å². The Bertz CT molecular complexity index is 890. The number of nitrogens with zero attached hydrogens (tertiary/aromatic N) is 3. The van der Waals surface area contributed by atoms with Crippen molar-refractivity contribution in [2.75, 3.05) is 5.32 Å². The van der Waals surface area contributed by atoms with Gasteiger partial charge in [0.25, 0.3) is 0 Å². The molecule has 0 spiro atoms. The van der Waals surface area contributed by atoms with Gasteiger partial charge in [0.05, 0.1) is 4.92 Å². The number of nitrogens with one attached hydrogen (secondary N) is 1. The van der Waals surface area contributed by atoms with Gasteiger partial charge in [0.15, 0.2) is 0 Å². The van der Waals surface area contributed by atoms with E-state index in [9.17, 15) is 10.1 Å². The predicted molar refractivity (Wildman–Crippen MR) is 94.0 cm³/mol. The van der Waals surface area contributed by atoms with Crippen LogP contribution in [0.5, 0.6) is 11.6 Å². The van der Waals surface area contributed by atoms with E-state index in [1.165, 1.54) is 6.33 Å². The van der Waals surface area contributed by atoms with Crippen LogP contribution in [-0.4, -0.2) is 14.9 Å². The number of halogens is 1. The Morgan fingerprint density at radius 2 is 1.80 bits per heavy atom. The summed E-state index contributed by atoms with van der Waals surface area (Å²) in [4.78, 5) is 18.8. The number of hydrogen-bond donors (Lipinski definition) is 1. The Morgan fingerprint density at radius 1 is 1.08 bits per heavy atom. The van der Waals surface area contributed by atoms with Gasteiger partial charge in [0, 0.05) is 11.6 Å². The van der Waals surface area contributed by atoms with E-state index in [0.29, 0.717) is 10.8 Å². The Morgan fingerprint density at radius 3 is 2.52 bits per heavy atom. The molecule has 1 heterocycles. The van der Waals surface area contributed by atoms with Gasteiger partial charge in [-0.1, -0.05) is 48.0 Å². The minimum Gasteiger partial charge on any atom is -0.434 e. The van der Waals surface area contributed by atoms with Crippen molar-refractivity contribution in [1.29, 1.82) is 0 Å². The first-order chi connectivity index (χ1) is 12.1. The van der Waals surface area contributed by atoms with Crippen molar-refractivity contribution in [2.24, 2.45) is 0 Å². The molecule has 2 aromatic carbocycles. The number of rotatable bonds is 6. The number of anilines is 1. The van der Waals surface area contributed by atoms with Crippen molar-refractivity contribution in [3.8, 4) is 11.6 Å². The molecule has 0 saturated carbocycles. The summed E-state index contributed by atoms with van der Waals surface area (Å²) < 4.78 is 5.53. The summed E-state index contributed by atoms with van der Waals surface area (Å²) in [5.74, 6) is 0.375. The minimum absolute atomic E-state index is 0.0610. The van der Waals surface area contributed by atoms with Gasteiger partial charge < -0.3 is 10.1 Å². The van der Waals surface area contributed by atoms with Crippen LogP contribution in [0.4, 0.5) is 11.5 Å². The second-order valence-electron chi connectivity index (χ2n) is 4.99. The molecule has 0 radical (unpaired) electrons. The van der Waals surface area contributed by atoms with Crippen molar-refractivity contribution >= 4 is 23.1 Å². The van der Waals surface area contributed by atoms with E-state index in [4.69, 9.17) is 16.3 Å². The smallest absolute Gasteiger partial charge is 0.373 e. The minimum atomic E-state index is -0.576. The fourth-order valence-electron chi connectivity index (χ4n) is 2.15. The summed E-state index contributed by atoms with van der Waals surface area (Å²) in [6, 6.07) is 15.9. The highest BCUT2D eigenvalue weighted by molar-refractivity contribution is 6.31. The summed E-state index contributed by atoms with van der Waals surface area (Å²) in [7, 11) is 0. The van der Waals surface area contributed by atoms with Gasteiger partial charge in [-0.15, -0.1) is 0 Å². The highest BCUT2D eigenvalue weighted by atomic mass is 35.5. The Balaban J connectivity index is 1.87. The molecule has 0 aliphatic carbocycles. The fourth-order valence-corrected chi connectivity index (χ4v) is 2.35. The Kier molecular flexibility index (Phi) is 5.06. The molecular weight excluding hydrogens is 344 g/mol. The van der Waals surface area contributed by atoms with Crippen LogP contribution in [0.15, 0.2) is 60.9 Å². The lowest BCUT2D eigenvalue weighted by molar-refractivity contribution is -0.385. The molecule has 7 nitrogen and oxygen atoms in total. The van der Waals surface area contributed by atoms with Gasteiger partial charge in [-0.05, 0) is 23.8 Å². The zero-order valence-corrected chi connectivity index (χ0v) is 13.7. The van der Waals surface area contributed by atoms with Crippen molar-refractivity contribution in [3.05, 3.63) is 81.6 Å². The average molecular weight is 357 g/mol. The van der Waals surface area contributed by atoms with Gasteiger partial charge >= 0.3 is 11.6 Å². The quantitative estimate of drug-likeness (QED) is 0.518. The molecule has 3 rings (SSSR count). The number of aromatic nitrogens is 2. The van der Waals surface area contributed by atoms with Gasteiger partial charge in [0.2, 0.25) is 5.82 Å². The highest BCUT2D eigenvalue weighted by Gasteiger charge is 2.25. The third-order valence-corrected chi connectivity index (χ3v) is 3.70. The van der Waals surface area contributed by atoms with Crippen LogP contribution in [0, 0.1) is 10.1 Å². The van der Waals surface area contributed by atoms with E-state index in [2.05, 4.69) is 15.3 Å². The van der Waals surface area contributed by atoms with Gasteiger partial charge in [0.1, 0.15) is 12.1 Å². The second-order valence-corrected chi connectivity index (χ2v) is 5.40. The molecule has 0 bridgehead atoms. The van der Waals surface area contributed by atoms with Crippen LogP contribution in [0.25, 0.3) is 0 Å². The van der Waals surface area contributed by atoms with Crippen LogP contribution in [0.2, 0.25) is 5.02 Å². The normalized spacial score (nSPS) is 10.3. The zero-order chi connectivity index (χ0) is 17.6. The summed E-state index contributed by atoms with van der Waals surface area (Å²) in [5, 5.41) is 15.0. The monoisotopic (exact) mass is 356 g/mol. The number of nitro groups is 1. The van der Waals surface area contributed by atoms with Crippen LogP contribution >= 0.6 is 11.6 Å². The van der Waals surface area contributed by atoms with E-state index in [0.717, 1.165) is 5.56 Å². The molecule has 126 valence electrons. The first-order valence-corrected chi connectivity index (χ1v) is 7.72. The lowest BCUT2D eigenvalue weighted by Crippen LogP contribution is -2.07. The molecule has 25 heavy (non-hydrogen) atoms. The van der Waals surface area contributed by atoms with Crippen molar-refractivity contribution < 1.29 is 9.66 Å². The van der Waals surface area contributed by atoms with Crippen molar-refractivity contribution in [2.45, 2.75) is 6.54 Å². The number of para-hydroxylation sites is 1. The molecule has 0 atom stereocenters. The molecule has 3 aromatic rings. The average Bonchev–Trinajstić information content (AvgIpc) is 2.62. The third kappa shape index (κ3) is 4.02. The zero-order valence-electron chi connectivity index (χ0n) is 12.9. The lowest BCUT2D eigenvalue weighted by atomic mass is 10.2. The van der Waals surface area contributed by atoms with Gasteiger partial charge in [-0.2, -0.15) is 4.98 Å². The van der Waals surface area contributed by atoms with E-state index in [-0.39, 0.29) is 23.9 Å². The summed E-state index contributed by atoms with van der Waals surface area (Å²) >= 11 is 6.10. The number of ether oxygens (including phenoxy) is 1. The number of hydrogen-bond acceptors (Lipinski definition) is 6. The predicted octanol–water partition coefficient (Wildman–Crippen LogP) is 4.44. The molecule has 0 aliphatic heterocycles. The summed E-state index contributed by atoms with van der Waals surface area (Å²) in [5.41, 5.74) is 0.459. The molecule has 0 amide bonds. The molecule has 0 saturated heterocycles. The standard InChI is InChI=1S/C17H13ClN4O3/c18-14-9-5-4-6-12(14)10-19-16-15(22(23)24)17(21-11-20-16)25-13-7-2-1-3-8-13/h1-9,11H,10H2,(H,19,20,21). The van der Waals surface area contributed by atoms with Crippen LogP contribution < -0.4 is 10.1 Å². The molecule has 8 heteroatoms. The second kappa shape index (κ2) is 7.59. The van der Waals surface area contributed by atoms with E-state index < -0.39 is 4.92 Å². The highest BCUT2D eigenvalue weighted by Crippen LogP contribution is 2.34. The SMILES string of the molecule is O=[N+]([O-])c1c(NCc2ccccc2Cl)ncnc1Oc1ccccc1. The topological polar surface area (TPSA) is 90.2 Å². The summed E-state index contributed by atoms with van der Waals surface area (Å²) in [6.45, 7) is 0.280. The molecule has 0 aliphatic rings. The maximum absolute atomic E-state index is 11.5. The number of benzene rings is 2. The van der Waals surface area contributed by atoms with Crippen molar-refractivity contribution in [3.63, 3.8) is 0 Å². The first kappa shape index (κ1) is 16.7. The van der Waals surface area contributed by atoms with E-state index in [1.807, 2.05) is 24.3 Å². The molecular formula is C17H13ClN4O3. The first-order valence-electron chi connectivity index (χ1n) is 7.34. The molecule has 0 unspecified atom stereocenters. The van der Waals surface area contributed by atoms with E-state index in [1.54, 1.807) is 30.3 Å². The summed E-state index contributed by atoms with van der Waals surface area (Å²) in [6.07, 6.45) is 1.21. The maximum atomic E-state index is 11.5. The van der Waals surface area contributed by atoms with Crippen LogP contribution in [0.3, 0.4) is 0 Å².